The van der Waals surface area contributed by atoms with Gasteiger partial charge in [0.25, 0.3) is 0 Å². The number of ketones is 1. The lowest BCUT2D eigenvalue weighted by Gasteiger charge is -2.12. The quantitative estimate of drug-likeness (QED) is 0.475. The average Bonchev–Trinajstić information content (AvgIpc) is 3.05. The van der Waals surface area contributed by atoms with E-state index in [2.05, 4.69) is 4.98 Å². The highest BCUT2D eigenvalue weighted by Gasteiger charge is 2.24. The normalized spacial score (nSPS) is 15.2. The van der Waals surface area contributed by atoms with E-state index in [0.717, 1.165) is 22.9 Å². The Balaban J connectivity index is 1.86. The maximum Gasteiger partial charge on any atom is 0.316 e. The number of hydrogen-bond acceptors (Lipinski definition) is 5. The topological polar surface area (TPSA) is 92.4 Å². The standard InChI is InChI=1S/C23H18N2O4S/c1-14(22(28)29)30-23-24-19(21(27)25(23)16-8-3-2-4-9-16)13-18-17-10-6-5-7-15(17)11-12-20(18)26/h2-14,27H,1H3,(H,28,29)/b18-13-. The van der Waals surface area contributed by atoms with Crippen molar-refractivity contribution in [3.05, 3.63) is 77.5 Å². The summed E-state index contributed by atoms with van der Waals surface area (Å²) in [6.07, 6.45) is 4.80. The second-order valence-corrected chi connectivity index (χ2v) is 8.02. The van der Waals surface area contributed by atoms with Crippen molar-refractivity contribution in [2.45, 2.75) is 17.3 Å². The number of carbonyl (C=O) groups is 2. The first kappa shape index (κ1) is 19.7. The molecule has 1 aliphatic carbocycles. The molecule has 0 saturated heterocycles. The SMILES string of the molecule is CC(Sc1nc(/C=C2\C(=O)C=Cc3ccccc32)c(O)n1-c1ccccc1)C(=O)O. The predicted octanol–water partition coefficient (Wildman–Crippen LogP) is 4.28. The highest BCUT2D eigenvalue weighted by Crippen LogP contribution is 2.35. The van der Waals surface area contributed by atoms with Gasteiger partial charge in [0.2, 0.25) is 5.88 Å². The number of thioether (sulfide) groups is 1. The van der Waals surface area contributed by atoms with Crippen LogP contribution in [0.25, 0.3) is 23.4 Å². The summed E-state index contributed by atoms with van der Waals surface area (Å²) in [6, 6.07) is 16.5. The molecule has 30 heavy (non-hydrogen) atoms. The summed E-state index contributed by atoms with van der Waals surface area (Å²) in [6.45, 7) is 1.55. The van der Waals surface area contributed by atoms with Crippen LogP contribution in [0.15, 0.2) is 65.8 Å². The van der Waals surface area contributed by atoms with E-state index in [4.69, 9.17) is 0 Å². The molecule has 2 N–H and O–H groups in total. The molecule has 1 aromatic heterocycles. The van der Waals surface area contributed by atoms with E-state index in [9.17, 15) is 19.8 Å². The molecule has 6 nitrogen and oxygen atoms in total. The van der Waals surface area contributed by atoms with Gasteiger partial charge < -0.3 is 10.2 Å². The van der Waals surface area contributed by atoms with Crippen molar-refractivity contribution in [2.75, 3.05) is 0 Å². The molecule has 150 valence electrons. The molecule has 2 aromatic carbocycles. The van der Waals surface area contributed by atoms with Gasteiger partial charge in [-0.25, -0.2) is 4.98 Å². The molecule has 0 spiro atoms. The van der Waals surface area contributed by atoms with Crippen molar-refractivity contribution in [2.24, 2.45) is 0 Å². The number of fused-ring (bicyclic) bond motifs is 1. The van der Waals surface area contributed by atoms with Gasteiger partial charge >= 0.3 is 5.97 Å². The van der Waals surface area contributed by atoms with Crippen LogP contribution in [0.2, 0.25) is 0 Å². The molecule has 0 radical (unpaired) electrons. The molecule has 1 aliphatic rings. The fraction of sp³-hybridized carbons (Fsp3) is 0.0870. The maximum absolute atomic E-state index is 12.5. The van der Waals surface area contributed by atoms with E-state index in [1.807, 2.05) is 42.5 Å². The van der Waals surface area contributed by atoms with E-state index in [1.54, 1.807) is 31.2 Å². The summed E-state index contributed by atoms with van der Waals surface area (Å²) >= 11 is 1.02. The number of aliphatic carboxylic acids is 1. The number of rotatable bonds is 5. The van der Waals surface area contributed by atoms with E-state index in [1.165, 1.54) is 10.6 Å². The van der Waals surface area contributed by atoms with Crippen molar-refractivity contribution >= 4 is 41.2 Å². The molecule has 0 saturated carbocycles. The molecule has 4 rings (SSSR count). The number of para-hydroxylation sites is 1. The molecular weight excluding hydrogens is 400 g/mol. The van der Waals surface area contributed by atoms with Crippen LogP contribution in [0.3, 0.4) is 0 Å². The van der Waals surface area contributed by atoms with Crippen LogP contribution in [0, 0.1) is 0 Å². The summed E-state index contributed by atoms with van der Waals surface area (Å²) in [7, 11) is 0. The van der Waals surface area contributed by atoms with Gasteiger partial charge in [-0.1, -0.05) is 60.3 Å². The minimum Gasteiger partial charge on any atom is -0.493 e. The number of carbonyl (C=O) groups excluding carboxylic acids is 1. The second kappa shape index (κ2) is 8.04. The predicted molar refractivity (Wildman–Crippen MR) is 117 cm³/mol. The van der Waals surface area contributed by atoms with E-state index < -0.39 is 11.2 Å². The van der Waals surface area contributed by atoms with Crippen LogP contribution < -0.4 is 0 Å². The number of allylic oxidation sites excluding steroid dienone is 2. The third-order valence-electron chi connectivity index (χ3n) is 4.70. The van der Waals surface area contributed by atoms with Gasteiger partial charge in [-0.05, 0) is 42.3 Å². The Bertz CT molecular complexity index is 1200. The number of nitrogens with zero attached hydrogens (tertiary/aromatic N) is 2. The Hall–Kier alpha value is -3.58. The lowest BCUT2D eigenvalue weighted by Crippen LogP contribution is -2.12. The molecule has 1 heterocycles. The second-order valence-electron chi connectivity index (χ2n) is 6.72. The first-order valence-electron chi connectivity index (χ1n) is 9.26. The third-order valence-corrected chi connectivity index (χ3v) is 5.74. The fourth-order valence-corrected chi connectivity index (χ4v) is 4.03. The van der Waals surface area contributed by atoms with E-state index in [-0.39, 0.29) is 17.4 Å². The molecule has 7 heteroatoms. The number of aromatic hydroxyl groups is 1. The van der Waals surface area contributed by atoms with Gasteiger partial charge in [0.05, 0.1) is 5.69 Å². The number of carboxylic acid groups (broad SMARTS) is 1. The van der Waals surface area contributed by atoms with Gasteiger partial charge in [0, 0.05) is 5.57 Å². The number of hydrogen-bond donors (Lipinski definition) is 2. The zero-order valence-corrected chi connectivity index (χ0v) is 16.8. The summed E-state index contributed by atoms with van der Waals surface area (Å²) in [5.74, 6) is -1.33. The fourth-order valence-electron chi connectivity index (χ4n) is 3.16. The van der Waals surface area contributed by atoms with E-state index in [0.29, 0.717) is 16.4 Å². The van der Waals surface area contributed by atoms with Gasteiger partial charge in [-0.2, -0.15) is 0 Å². The minimum atomic E-state index is -0.983. The molecule has 1 atom stereocenters. The van der Waals surface area contributed by atoms with Crippen molar-refractivity contribution < 1.29 is 19.8 Å². The van der Waals surface area contributed by atoms with Gasteiger partial charge in [0.15, 0.2) is 10.9 Å². The molecule has 0 aliphatic heterocycles. The molecule has 1 unspecified atom stereocenters. The Kier molecular flexibility index (Phi) is 5.29. The Morgan fingerprint density at radius 2 is 1.80 bits per heavy atom. The largest absolute Gasteiger partial charge is 0.493 e. The lowest BCUT2D eigenvalue weighted by molar-refractivity contribution is -0.136. The number of carboxylic acids is 1. The summed E-state index contributed by atoms with van der Waals surface area (Å²) in [5.41, 5.74) is 2.92. The first-order valence-corrected chi connectivity index (χ1v) is 10.1. The first-order chi connectivity index (χ1) is 14.5. The van der Waals surface area contributed by atoms with Crippen LogP contribution in [-0.4, -0.2) is 36.8 Å². The molecule has 0 amide bonds. The Morgan fingerprint density at radius 1 is 1.10 bits per heavy atom. The van der Waals surface area contributed by atoms with Crippen LogP contribution >= 0.6 is 11.8 Å². The highest BCUT2D eigenvalue weighted by atomic mass is 32.2. The van der Waals surface area contributed by atoms with Crippen molar-refractivity contribution in [3.63, 3.8) is 0 Å². The van der Waals surface area contributed by atoms with E-state index >= 15 is 0 Å². The van der Waals surface area contributed by atoms with Crippen LogP contribution in [0.5, 0.6) is 5.88 Å². The average molecular weight is 418 g/mol. The zero-order chi connectivity index (χ0) is 21.3. The lowest BCUT2D eigenvalue weighted by atomic mass is 9.91. The highest BCUT2D eigenvalue weighted by molar-refractivity contribution is 8.00. The Morgan fingerprint density at radius 3 is 2.53 bits per heavy atom. The van der Waals surface area contributed by atoms with Gasteiger partial charge in [-0.3, -0.25) is 14.2 Å². The summed E-state index contributed by atoms with van der Waals surface area (Å²) < 4.78 is 1.49. The third kappa shape index (κ3) is 3.67. The maximum atomic E-state index is 12.5. The molecule has 0 bridgehead atoms. The van der Waals surface area contributed by atoms with Crippen LogP contribution in [-0.2, 0) is 9.59 Å². The van der Waals surface area contributed by atoms with Gasteiger partial charge in [-0.15, -0.1) is 0 Å². The van der Waals surface area contributed by atoms with Crippen LogP contribution in [0.1, 0.15) is 23.7 Å². The summed E-state index contributed by atoms with van der Waals surface area (Å²) in [5, 5.41) is 19.8. The Labute approximate surface area is 177 Å². The van der Waals surface area contributed by atoms with Crippen LogP contribution in [0.4, 0.5) is 0 Å². The van der Waals surface area contributed by atoms with Crippen molar-refractivity contribution in [1.29, 1.82) is 0 Å². The molecule has 0 fully saturated rings. The molecule has 3 aromatic rings. The number of imidazole rings is 1. The van der Waals surface area contributed by atoms with Crippen molar-refractivity contribution in [3.8, 4) is 11.6 Å². The number of aromatic nitrogens is 2. The zero-order valence-electron chi connectivity index (χ0n) is 16.0. The smallest absolute Gasteiger partial charge is 0.316 e. The summed E-state index contributed by atoms with van der Waals surface area (Å²) in [4.78, 5) is 28.4. The van der Waals surface area contributed by atoms with Crippen molar-refractivity contribution in [1.82, 2.24) is 9.55 Å². The van der Waals surface area contributed by atoms with Gasteiger partial charge in [0.1, 0.15) is 10.9 Å². The molecular formula is C23H18N2O4S. The minimum absolute atomic E-state index is 0.159. The monoisotopic (exact) mass is 418 g/mol. The number of benzene rings is 2.